The number of ether oxygens (including phenoxy) is 2. The van der Waals surface area contributed by atoms with Gasteiger partial charge in [0.05, 0.1) is 11.4 Å². The number of carboxylic acids is 1. The molecule has 9 heteroatoms. The number of carbonyl (C=O) groups is 2. The number of aliphatic carboxylic acids is 1. The van der Waals surface area contributed by atoms with Gasteiger partial charge in [0, 0.05) is 6.07 Å². The second-order valence-corrected chi connectivity index (χ2v) is 5.30. The van der Waals surface area contributed by atoms with Crippen molar-refractivity contribution in [2.24, 2.45) is 0 Å². The Balaban J connectivity index is 1.87. The molecular formula is C15H16N4O5. The van der Waals surface area contributed by atoms with E-state index in [1.165, 1.54) is 11.6 Å². The molecule has 0 unspecified atom stereocenters. The van der Waals surface area contributed by atoms with E-state index in [9.17, 15) is 9.59 Å². The van der Waals surface area contributed by atoms with Crippen LogP contribution < -0.4 is 14.8 Å². The van der Waals surface area contributed by atoms with Gasteiger partial charge in [-0.15, -0.1) is 5.10 Å². The van der Waals surface area contributed by atoms with Crippen LogP contribution >= 0.6 is 0 Å². The van der Waals surface area contributed by atoms with Crippen LogP contribution in [0.2, 0.25) is 0 Å². The molecule has 126 valence electrons. The number of nitrogens with zero attached hydrogens (tertiary/aromatic N) is 3. The van der Waals surface area contributed by atoms with E-state index >= 15 is 0 Å². The maximum Gasteiger partial charge on any atom is 0.325 e. The minimum Gasteiger partial charge on any atom is -0.486 e. The molecule has 0 bridgehead atoms. The molecule has 2 N–H and O–H groups in total. The van der Waals surface area contributed by atoms with Gasteiger partial charge in [-0.1, -0.05) is 5.21 Å². The lowest BCUT2D eigenvalue weighted by Gasteiger charge is -2.18. The zero-order chi connectivity index (χ0) is 17.3. The third-order valence-electron chi connectivity index (χ3n) is 3.60. The summed E-state index contributed by atoms with van der Waals surface area (Å²) in [5.41, 5.74) is 1.22. The number of rotatable bonds is 4. The molecule has 0 fully saturated rings. The molecule has 0 radical (unpaired) electrons. The third-order valence-corrected chi connectivity index (χ3v) is 3.60. The van der Waals surface area contributed by atoms with Crippen molar-refractivity contribution >= 4 is 11.9 Å². The second kappa shape index (κ2) is 6.19. The molecule has 0 saturated carbocycles. The SMILES string of the molecule is Cc1c(C(=O)N[C@@H](C)C(=O)O)nnn1-c1ccc2c(c1)OCCO2. The molecule has 0 aliphatic carbocycles. The van der Waals surface area contributed by atoms with Crippen LogP contribution in [0.15, 0.2) is 18.2 Å². The summed E-state index contributed by atoms with van der Waals surface area (Å²) in [6.07, 6.45) is 0. The summed E-state index contributed by atoms with van der Waals surface area (Å²) in [7, 11) is 0. The van der Waals surface area contributed by atoms with Crippen LogP contribution in [0.25, 0.3) is 5.69 Å². The Labute approximate surface area is 137 Å². The lowest BCUT2D eigenvalue weighted by molar-refractivity contribution is -0.138. The molecule has 2 heterocycles. The number of carboxylic acid groups (broad SMARTS) is 1. The van der Waals surface area contributed by atoms with Crippen molar-refractivity contribution in [2.45, 2.75) is 19.9 Å². The van der Waals surface area contributed by atoms with E-state index < -0.39 is 17.9 Å². The summed E-state index contributed by atoms with van der Waals surface area (Å²) in [6, 6.07) is 4.27. The predicted molar refractivity (Wildman–Crippen MR) is 81.7 cm³/mol. The lowest BCUT2D eigenvalue weighted by Crippen LogP contribution is -2.38. The highest BCUT2D eigenvalue weighted by Gasteiger charge is 2.22. The van der Waals surface area contributed by atoms with Crippen molar-refractivity contribution in [1.29, 1.82) is 0 Å². The Kier molecular flexibility index (Phi) is 4.07. The normalized spacial score (nSPS) is 14.1. The molecular weight excluding hydrogens is 316 g/mol. The third kappa shape index (κ3) is 2.87. The Morgan fingerprint density at radius 3 is 2.71 bits per heavy atom. The van der Waals surface area contributed by atoms with Crippen LogP contribution in [0, 0.1) is 6.92 Å². The van der Waals surface area contributed by atoms with Gasteiger partial charge in [-0.05, 0) is 26.0 Å². The largest absolute Gasteiger partial charge is 0.486 e. The molecule has 3 rings (SSSR count). The van der Waals surface area contributed by atoms with Gasteiger partial charge < -0.3 is 19.9 Å². The average molecular weight is 332 g/mol. The first-order valence-electron chi connectivity index (χ1n) is 7.33. The number of carbonyl (C=O) groups excluding carboxylic acids is 1. The lowest BCUT2D eigenvalue weighted by atomic mass is 10.2. The first-order chi connectivity index (χ1) is 11.5. The Morgan fingerprint density at radius 2 is 2.00 bits per heavy atom. The van der Waals surface area contributed by atoms with Crippen LogP contribution in [-0.4, -0.2) is 51.2 Å². The fourth-order valence-electron chi connectivity index (χ4n) is 2.27. The molecule has 1 aliphatic heterocycles. The molecule has 0 saturated heterocycles. The number of hydrogen-bond donors (Lipinski definition) is 2. The number of aromatic nitrogens is 3. The second-order valence-electron chi connectivity index (χ2n) is 5.30. The minimum atomic E-state index is -1.12. The van der Waals surface area contributed by atoms with Crippen molar-refractivity contribution in [3.8, 4) is 17.2 Å². The maximum absolute atomic E-state index is 12.1. The van der Waals surface area contributed by atoms with Gasteiger partial charge in [-0.2, -0.15) is 0 Å². The number of amides is 1. The zero-order valence-corrected chi connectivity index (χ0v) is 13.1. The van der Waals surface area contributed by atoms with Crippen molar-refractivity contribution < 1.29 is 24.2 Å². The Hall–Kier alpha value is -3.10. The Bertz CT molecular complexity index is 801. The predicted octanol–water partition coefficient (Wildman–Crippen LogP) is 0.550. The van der Waals surface area contributed by atoms with E-state index in [1.54, 1.807) is 25.1 Å². The highest BCUT2D eigenvalue weighted by molar-refractivity contribution is 5.95. The average Bonchev–Trinajstić information content (AvgIpc) is 2.95. The van der Waals surface area contributed by atoms with E-state index in [2.05, 4.69) is 15.6 Å². The van der Waals surface area contributed by atoms with Crippen LogP contribution in [0.1, 0.15) is 23.1 Å². The fourth-order valence-corrected chi connectivity index (χ4v) is 2.27. The summed E-state index contributed by atoms with van der Waals surface area (Å²) in [5, 5.41) is 19.0. The standard InChI is InChI=1S/C15H16N4O5/c1-8(15(21)22)16-14(20)13-9(2)19(18-17-13)10-3-4-11-12(7-10)24-6-5-23-11/h3-4,7-8H,5-6H2,1-2H3,(H,16,20)(H,21,22)/t8-/m0/s1. The highest BCUT2D eigenvalue weighted by Crippen LogP contribution is 2.32. The van der Waals surface area contributed by atoms with Gasteiger partial charge >= 0.3 is 5.97 Å². The summed E-state index contributed by atoms with van der Waals surface area (Å²) in [5.74, 6) is -0.471. The number of nitrogens with one attached hydrogen (secondary N) is 1. The Morgan fingerprint density at radius 1 is 1.29 bits per heavy atom. The quantitative estimate of drug-likeness (QED) is 0.840. The first kappa shape index (κ1) is 15.8. The van der Waals surface area contributed by atoms with E-state index in [0.29, 0.717) is 36.1 Å². The summed E-state index contributed by atoms with van der Waals surface area (Å²) in [4.78, 5) is 23.0. The van der Waals surface area contributed by atoms with Crippen LogP contribution in [0.3, 0.4) is 0 Å². The molecule has 1 aliphatic rings. The zero-order valence-electron chi connectivity index (χ0n) is 13.1. The highest BCUT2D eigenvalue weighted by atomic mass is 16.6. The molecule has 1 aromatic carbocycles. The van der Waals surface area contributed by atoms with Gasteiger partial charge in [0.25, 0.3) is 5.91 Å². The molecule has 1 aromatic heterocycles. The van der Waals surface area contributed by atoms with E-state index in [0.717, 1.165) is 0 Å². The fraction of sp³-hybridized carbons (Fsp3) is 0.333. The van der Waals surface area contributed by atoms with Crippen LogP contribution in [0.5, 0.6) is 11.5 Å². The summed E-state index contributed by atoms with van der Waals surface area (Å²) >= 11 is 0. The monoisotopic (exact) mass is 332 g/mol. The van der Waals surface area contributed by atoms with Gasteiger partial charge in [0.1, 0.15) is 19.3 Å². The molecule has 0 spiro atoms. The van der Waals surface area contributed by atoms with Crippen LogP contribution in [0.4, 0.5) is 0 Å². The minimum absolute atomic E-state index is 0.0676. The number of hydrogen-bond acceptors (Lipinski definition) is 6. The summed E-state index contributed by atoms with van der Waals surface area (Å²) < 4.78 is 12.5. The van der Waals surface area contributed by atoms with Gasteiger partial charge in [0.15, 0.2) is 17.2 Å². The number of benzene rings is 1. The van der Waals surface area contributed by atoms with Gasteiger partial charge in [-0.25, -0.2) is 4.68 Å². The smallest absolute Gasteiger partial charge is 0.325 e. The number of fused-ring (bicyclic) bond motifs is 1. The maximum atomic E-state index is 12.1. The van der Waals surface area contributed by atoms with Gasteiger partial charge in [0.2, 0.25) is 0 Å². The molecule has 2 aromatic rings. The molecule has 24 heavy (non-hydrogen) atoms. The molecule has 1 atom stereocenters. The summed E-state index contributed by atoms with van der Waals surface area (Å²) in [6.45, 7) is 4.02. The van der Waals surface area contributed by atoms with E-state index in [-0.39, 0.29) is 5.69 Å². The topological polar surface area (TPSA) is 116 Å². The first-order valence-corrected chi connectivity index (χ1v) is 7.33. The molecule has 9 nitrogen and oxygen atoms in total. The molecule has 1 amide bonds. The van der Waals surface area contributed by atoms with Crippen LogP contribution in [-0.2, 0) is 4.79 Å². The van der Waals surface area contributed by atoms with Crippen molar-refractivity contribution in [3.63, 3.8) is 0 Å². The van der Waals surface area contributed by atoms with E-state index in [1.807, 2.05) is 0 Å². The van der Waals surface area contributed by atoms with Crippen molar-refractivity contribution in [2.75, 3.05) is 13.2 Å². The van der Waals surface area contributed by atoms with Crippen molar-refractivity contribution in [1.82, 2.24) is 20.3 Å². The van der Waals surface area contributed by atoms with Gasteiger partial charge in [-0.3, -0.25) is 9.59 Å². The van der Waals surface area contributed by atoms with E-state index in [4.69, 9.17) is 14.6 Å². The van der Waals surface area contributed by atoms with Crippen molar-refractivity contribution in [3.05, 3.63) is 29.6 Å².